The molecular formula is C19H23N2O2+. The maximum atomic E-state index is 11.3. The van der Waals surface area contributed by atoms with Crippen LogP contribution in [-0.2, 0) is 6.54 Å². The van der Waals surface area contributed by atoms with Gasteiger partial charge in [0.25, 0.3) is 0 Å². The summed E-state index contributed by atoms with van der Waals surface area (Å²) in [6, 6.07) is 16.2. The first-order valence-electron chi connectivity index (χ1n) is 7.83. The molecule has 2 aromatic carbocycles. The lowest BCUT2D eigenvalue weighted by molar-refractivity contribution is -0.899. The van der Waals surface area contributed by atoms with E-state index in [1.165, 1.54) is 5.56 Å². The summed E-state index contributed by atoms with van der Waals surface area (Å²) in [6.07, 6.45) is 0. The van der Waals surface area contributed by atoms with E-state index in [0.717, 1.165) is 28.8 Å². The molecule has 0 spiro atoms. The predicted molar refractivity (Wildman–Crippen MR) is 91.7 cm³/mol. The summed E-state index contributed by atoms with van der Waals surface area (Å²) < 4.78 is 0.779. The number of aromatic carboxylic acids is 1. The molecule has 4 heteroatoms. The Labute approximate surface area is 137 Å². The van der Waals surface area contributed by atoms with Crippen molar-refractivity contribution >= 4 is 11.7 Å². The monoisotopic (exact) mass is 311 g/mol. The van der Waals surface area contributed by atoms with Crippen molar-refractivity contribution in [3.8, 4) is 0 Å². The summed E-state index contributed by atoms with van der Waals surface area (Å²) in [5, 5.41) is 9.29. The van der Waals surface area contributed by atoms with Crippen LogP contribution < -0.4 is 4.90 Å². The minimum atomic E-state index is -0.866. The van der Waals surface area contributed by atoms with Crippen molar-refractivity contribution in [1.29, 1.82) is 0 Å². The molecule has 4 nitrogen and oxygen atoms in total. The van der Waals surface area contributed by atoms with Crippen LogP contribution in [0.25, 0.3) is 0 Å². The molecule has 0 amide bonds. The molecule has 0 radical (unpaired) electrons. The SMILES string of the molecule is C[N+](C)(C)C1CN(Cc2ccccc2)c2ccc(C(=O)O)cc21. The molecule has 0 aromatic heterocycles. The summed E-state index contributed by atoms with van der Waals surface area (Å²) in [7, 11) is 6.48. The fraction of sp³-hybridized carbons (Fsp3) is 0.316. The first-order chi connectivity index (χ1) is 10.9. The minimum Gasteiger partial charge on any atom is -0.478 e. The third-order valence-electron chi connectivity index (χ3n) is 4.52. The third kappa shape index (κ3) is 3.08. The average Bonchev–Trinajstić information content (AvgIpc) is 2.86. The second-order valence-corrected chi connectivity index (χ2v) is 7.08. The zero-order valence-electron chi connectivity index (χ0n) is 13.9. The molecule has 120 valence electrons. The first-order valence-corrected chi connectivity index (χ1v) is 7.83. The molecule has 3 rings (SSSR count). The third-order valence-corrected chi connectivity index (χ3v) is 4.52. The molecule has 1 heterocycles. The number of carboxylic acid groups (broad SMARTS) is 1. The molecule has 0 saturated heterocycles. The van der Waals surface area contributed by atoms with Crippen molar-refractivity contribution in [2.45, 2.75) is 12.6 Å². The molecule has 0 saturated carbocycles. The highest BCUT2D eigenvalue weighted by atomic mass is 16.4. The van der Waals surface area contributed by atoms with Crippen molar-refractivity contribution in [1.82, 2.24) is 0 Å². The van der Waals surface area contributed by atoms with Gasteiger partial charge in [0.15, 0.2) is 0 Å². The van der Waals surface area contributed by atoms with Crippen LogP contribution >= 0.6 is 0 Å². The van der Waals surface area contributed by atoms with Crippen LogP contribution in [0.3, 0.4) is 0 Å². The van der Waals surface area contributed by atoms with E-state index in [0.29, 0.717) is 5.56 Å². The minimum absolute atomic E-state index is 0.271. The Morgan fingerprint density at radius 3 is 2.48 bits per heavy atom. The molecule has 0 fully saturated rings. The van der Waals surface area contributed by atoms with E-state index >= 15 is 0 Å². The molecule has 23 heavy (non-hydrogen) atoms. The molecule has 0 bridgehead atoms. The fourth-order valence-electron chi connectivity index (χ4n) is 3.26. The molecule has 1 aliphatic heterocycles. The van der Waals surface area contributed by atoms with Crippen molar-refractivity contribution in [2.24, 2.45) is 0 Å². The van der Waals surface area contributed by atoms with E-state index in [-0.39, 0.29) is 6.04 Å². The lowest BCUT2D eigenvalue weighted by Crippen LogP contribution is -2.41. The van der Waals surface area contributed by atoms with Gasteiger partial charge >= 0.3 is 5.97 Å². The van der Waals surface area contributed by atoms with Crippen molar-refractivity contribution in [2.75, 3.05) is 32.6 Å². The predicted octanol–water partition coefficient (Wildman–Crippen LogP) is 3.15. The summed E-state index contributed by atoms with van der Waals surface area (Å²) in [6.45, 7) is 1.74. The Hall–Kier alpha value is -2.33. The number of fused-ring (bicyclic) bond motifs is 1. The maximum Gasteiger partial charge on any atom is 0.335 e. The number of carbonyl (C=O) groups is 1. The van der Waals surface area contributed by atoms with Gasteiger partial charge in [-0.05, 0) is 23.8 Å². The van der Waals surface area contributed by atoms with Gasteiger partial charge in [0, 0.05) is 17.8 Å². The Morgan fingerprint density at radius 2 is 1.87 bits per heavy atom. The molecule has 1 unspecified atom stereocenters. The quantitative estimate of drug-likeness (QED) is 0.882. The fourth-order valence-corrected chi connectivity index (χ4v) is 3.26. The molecule has 2 aromatic rings. The van der Waals surface area contributed by atoms with E-state index in [1.807, 2.05) is 18.2 Å². The Kier molecular flexibility index (Phi) is 3.86. The molecule has 1 atom stereocenters. The van der Waals surface area contributed by atoms with Gasteiger partial charge < -0.3 is 14.5 Å². The highest BCUT2D eigenvalue weighted by Gasteiger charge is 2.37. The van der Waals surface area contributed by atoms with E-state index in [9.17, 15) is 9.90 Å². The molecule has 0 aliphatic carbocycles. The van der Waals surface area contributed by atoms with Crippen LogP contribution in [0.1, 0.15) is 27.5 Å². The highest BCUT2D eigenvalue weighted by Crippen LogP contribution is 2.40. The summed E-state index contributed by atoms with van der Waals surface area (Å²) >= 11 is 0. The maximum absolute atomic E-state index is 11.3. The zero-order valence-corrected chi connectivity index (χ0v) is 13.9. The number of quaternary nitrogens is 1. The highest BCUT2D eigenvalue weighted by molar-refractivity contribution is 5.89. The van der Waals surface area contributed by atoms with Crippen molar-refractivity contribution in [3.05, 3.63) is 65.2 Å². The van der Waals surface area contributed by atoms with Gasteiger partial charge in [0.2, 0.25) is 0 Å². The first kappa shape index (κ1) is 15.6. The number of carboxylic acids is 1. The number of rotatable bonds is 4. The number of benzene rings is 2. The van der Waals surface area contributed by atoms with Crippen LogP contribution in [-0.4, -0.2) is 43.2 Å². The van der Waals surface area contributed by atoms with Gasteiger partial charge in [-0.2, -0.15) is 0 Å². The van der Waals surface area contributed by atoms with Gasteiger partial charge in [0.1, 0.15) is 6.04 Å². The van der Waals surface area contributed by atoms with Gasteiger partial charge in [-0.15, -0.1) is 0 Å². The lowest BCUT2D eigenvalue weighted by Gasteiger charge is -2.32. The van der Waals surface area contributed by atoms with E-state index in [2.05, 4.69) is 50.3 Å². The Morgan fingerprint density at radius 1 is 1.17 bits per heavy atom. The second kappa shape index (κ2) is 5.70. The van der Waals surface area contributed by atoms with Crippen molar-refractivity contribution < 1.29 is 14.4 Å². The lowest BCUT2D eigenvalue weighted by atomic mass is 10.0. The summed E-state index contributed by atoms with van der Waals surface area (Å²) in [5.41, 5.74) is 3.91. The molecule has 1 N–H and O–H groups in total. The molecular weight excluding hydrogens is 288 g/mol. The Bertz CT molecular complexity index is 720. The van der Waals surface area contributed by atoms with Crippen LogP contribution in [0.15, 0.2) is 48.5 Å². The van der Waals surface area contributed by atoms with Gasteiger partial charge in [-0.25, -0.2) is 4.79 Å². The Balaban J connectivity index is 1.99. The normalized spacial score (nSPS) is 17.2. The van der Waals surface area contributed by atoms with Crippen LogP contribution in [0.5, 0.6) is 0 Å². The standard InChI is InChI=1S/C19H22N2O2/c1-21(2,3)18-13-20(12-14-7-5-4-6-8-14)17-10-9-15(19(22)23)11-16(17)18/h4-11,18H,12-13H2,1-3H3/p+1. The zero-order chi connectivity index (χ0) is 16.6. The van der Waals surface area contributed by atoms with E-state index in [1.54, 1.807) is 6.07 Å². The number of hydrogen-bond donors (Lipinski definition) is 1. The van der Waals surface area contributed by atoms with E-state index in [4.69, 9.17) is 0 Å². The van der Waals surface area contributed by atoms with E-state index < -0.39 is 5.97 Å². The molecule has 1 aliphatic rings. The van der Waals surface area contributed by atoms with Gasteiger partial charge in [-0.1, -0.05) is 30.3 Å². The number of nitrogens with zero attached hydrogens (tertiary/aromatic N) is 2. The second-order valence-electron chi connectivity index (χ2n) is 7.08. The van der Waals surface area contributed by atoms with Gasteiger partial charge in [-0.3, -0.25) is 0 Å². The van der Waals surface area contributed by atoms with Crippen molar-refractivity contribution in [3.63, 3.8) is 0 Å². The summed E-state index contributed by atoms with van der Waals surface area (Å²) in [5.74, 6) is -0.866. The average molecular weight is 311 g/mol. The topological polar surface area (TPSA) is 40.5 Å². The number of hydrogen-bond acceptors (Lipinski definition) is 2. The van der Waals surface area contributed by atoms with Crippen LogP contribution in [0, 0.1) is 0 Å². The summed E-state index contributed by atoms with van der Waals surface area (Å²) in [4.78, 5) is 13.7. The smallest absolute Gasteiger partial charge is 0.335 e. The van der Waals surface area contributed by atoms with Crippen LogP contribution in [0.2, 0.25) is 0 Å². The largest absolute Gasteiger partial charge is 0.478 e. The van der Waals surface area contributed by atoms with Crippen LogP contribution in [0.4, 0.5) is 5.69 Å². The number of anilines is 1. The number of likely N-dealkylation sites (N-methyl/N-ethyl adjacent to an activating group) is 1. The van der Waals surface area contributed by atoms with Gasteiger partial charge in [0.05, 0.1) is 33.3 Å².